The summed E-state index contributed by atoms with van der Waals surface area (Å²) in [5.41, 5.74) is 3.71. The smallest absolute Gasteiger partial charge is 0.408 e. The number of amides is 2. The van der Waals surface area contributed by atoms with Gasteiger partial charge in [-0.05, 0) is 55.2 Å². The highest BCUT2D eigenvalue weighted by Crippen LogP contribution is 2.44. The number of benzene rings is 2. The first kappa shape index (κ1) is 25.8. The van der Waals surface area contributed by atoms with Gasteiger partial charge in [0.25, 0.3) is 0 Å². The summed E-state index contributed by atoms with van der Waals surface area (Å²) in [6.07, 6.45) is -1.51. The zero-order valence-corrected chi connectivity index (χ0v) is 20.9. The molecule has 9 heteroatoms. The summed E-state index contributed by atoms with van der Waals surface area (Å²) in [6.45, 7) is 5.42. The fraction of sp³-hybridized carbons (Fsp3) is 0.321. The number of carbonyl (C=O) groups is 3. The number of fused-ring (bicyclic) bond motifs is 3. The fourth-order valence-corrected chi connectivity index (χ4v) is 4.28. The summed E-state index contributed by atoms with van der Waals surface area (Å²) in [7, 11) is 0. The molecule has 0 saturated heterocycles. The number of carboxylic acid groups (broad SMARTS) is 1. The lowest BCUT2D eigenvalue weighted by molar-refractivity contribution is -0.139. The van der Waals surface area contributed by atoms with Crippen LogP contribution < -0.4 is 10.6 Å². The largest absolute Gasteiger partial charge is 0.480 e. The van der Waals surface area contributed by atoms with Crippen LogP contribution in [0.25, 0.3) is 11.1 Å². The van der Waals surface area contributed by atoms with Crippen molar-refractivity contribution in [3.63, 3.8) is 0 Å². The molecule has 0 bridgehead atoms. The van der Waals surface area contributed by atoms with Crippen molar-refractivity contribution in [2.75, 3.05) is 6.61 Å². The number of carboxylic acids is 1. The second-order valence-electron chi connectivity index (χ2n) is 9.79. The molecular formula is C28H30N2O7. The van der Waals surface area contributed by atoms with Crippen molar-refractivity contribution in [2.45, 2.75) is 51.3 Å². The minimum atomic E-state index is -1.26. The van der Waals surface area contributed by atoms with Gasteiger partial charge in [-0.2, -0.15) is 0 Å². The number of ether oxygens (including phenoxy) is 2. The molecule has 0 spiro atoms. The molecule has 0 aliphatic heterocycles. The van der Waals surface area contributed by atoms with Gasteiger partial charge >= 0.3 is 18.2 Å². The third-order valence-electron chi connectivity index (χ3n) is 5.86. The van der Waals surface area contributed by atoms with E-state index in [0.717, 1.165) is 22.3 Å². The Morgan fingerprint density at radius 2 is 1.51 bits per heavy atom. The molecule has 4 rings (SSSR count). The van der Waals surface area contributed by atoms with Crippen LogP contribution >= 0.6 is 0 Å². The van der Waals surface area contributed by atoms with Crippen molar-refractivity contribution < 1.29 is 33.4 Å². The van der Waals surface area contributed by atoms with Gasteiger partial charge in [-0.15, -0.1) is 0 Å². The van der Waals surface area contributed by atoms with E-state index in [1.165, 1.54) is 0 Å². The topological polar surface area (TPSA) is 127 Å². The quantitative estimate of drug-likeness (QED) is 0.399. The van der Waals surface area contributed by atoms with E-state index in [1.807, 2.05) is 48.5 Å². The molecule has 0 unspecified atom stereocenters. The SMILES string of the molecule is CC(C)(C)OC(=O)NCc1ccc(C[C@@H](NC(=O)OCC2c3ccccc3-c3ccccc32)C(=O)O)o1. The monoisotopic (exact) mass is 506 g/mol. The van der Waals surface area contributed by atoms with Gasteiger partial charge in [0.05, 0.1) is 6.54 Å². The average Bonchev–Trinajstić information content (AvgIpc) is 3.42. The molecule has 1 aromatic heterocycles. The second kappa shape index (κ2) is 10.8. The van der Waals surface area contributed by atoms with Crippen molar-refractivity contribution in [1.82, 2.24) is 10.6 Å². The zero-order valence-electron chi connectivity index (χ0n) is 20.9. The normalized spacial score (nSPS) is 13.3. The predicted octanol–water partition coefficient (Wildman–Crippen LogP) is 4.84. The van der Waals surface area contributed by atoms with Crippen LogP contribution in [0.3, 0.4) is 0 Å². The van der Waals surface area contributed by atoms with Crippen molar-refractivity contribution in [2.24, 2.45) is 0 Å². The van der Waals surface area contributed by atoms with Crippen molar-refractivity contribution in [3.8, 4) is 11.1 Å². The fourth-order valence-electron chi connectivity index (χ4n) is 4.28. The van der Waals surface area contributed by atoms with Crippen LogP contribution in [0.1, 0.15) is 49.3 Å². The second-order valence-corrected chi connectivity index (χ2v) is 9.79. The lowest BCUT2D eigenvalue weighted by Gasteiger charge is -2.19. The Bertz CT molecular complexity index is 1250. The van der Waals surface area contributed by atoms with E-state index < -0.39 is 29.8 Å². The summed E-state index contributed by atoms with van der Waals surface area (Å²) in [4.78, 5) is 36.1. The van der Waals surface area contributed by atoms with Crippen LogP contribution in [-0.4, -0.2) is 41.5 Å². The molecule has 1 aliphatic carbocycles. The Balaban J connectivity index is 1.32. The summed E-state index contributed by atoms with van der Waals surface area (Å²) in [6, 6.07) is 17.9. The first-order valence-corrected chi connectivity index (χ1v) is 12.0. The maximum absolute atomic E-state index is 12.5. The summed E-state index contributed by atoms with van der Waals surface area (Å²) in [5.74, 6) is -0.594. The van der Waals surface area contributed by atoms with Gasteiger partial charge in [-0.1, -0.05) is 48.5 Å². The predicted molar refractivity (Wildman–Crippen MR) is 135 cm³/mol. The Hall–Kier alpha value is -4.27. The maximum Gasteiger partial charge on any atom is 0.408 e. The summed E-state index contributed by atoms with van der Waals surface area (Å²) >= 11 is 0. The van der Waals surface area contributed by atoms with Crippen LogP contribution in [0, 0.1) is 0 Å². The molecule has 2 aromatic carbocycles. The van der Waals surface area contributed by atoms with E-state index in [9.17, 15) is 19.5 Å². The Labute approximate surface area is 214 Å². The molecule has 3 aromatic rings. The highest BCUT2D eigenvalue weighted by atomic mass is 16.6. The van der Waals surface area contributed by atoms with E-state index in [2.05, 4.69) is 10.6 Å². The number of carbonyl (C=O) groups excluding carboxylic acids is 2. The number of hydrogen-bond acceptors (Lipinski definition) is 6. The highest BCUT2D eigenvalue weighted by Gasteiger charge is 2.30. The molecule has 1 aliphatic rings. The molecule has 0 saturated carbocycles. The molecule has 0 fully saturated rings. The van der Waals surface area contributed by atoms with Crippen LogP contribution in [0.2, 0.25) is 0 Å². The molecule has 9 nitrogen and oxygen atoms in total. The molecule has 1 heterocycles. The van der Waals surface area contributed by atoms with E-state index in [1.54, 1.807) is 32.9 Å². The van der Waals surface area contributed by atoms with Crippen LogP contribution in [0.15, 0.2) is 65.1 Å². The van der Waals surface area contributed by atoms with Gasteiger partial charge < -0.3 is 29.6 Å². The highest BCUT2D eigenvalue weighted by molar-refractivity contribution is 5.81. The van der Waals surface area contributed by atoms with Crippen LogP contribution in [-0.2, 0) is 27.2 Å². The van der Waals surface area contributed by atoms with Crippen molar-refractivity contribution in [1.29, 1.82) is 0 Å². The molecule has 3 N–H and O–H groups in total. The van der Waals surface area contributed by atoms with Crippen LogP contribution in [0.5, 0.6) is 0 Å². The van der Waals surface area contributed by atoms with Gasteiger partial charge in [-0.25, -0.2) is 14.4 Å². The van der Waals surface area contributed by atoms with E-state index in [0.29, 0.717) is 11.5 Å². The van der Waals surface area contributed by atoms with Crippen LogP contribution in [0.4, 0.5) is 9.59 Å². The number of furan rings is 1. The number of hydrogen-bond donors (Lipinski definition) is 3. The first-order chi connectivity index (χ1) is 17.6. The molecule has 37 heavy (non-hydrogen) atoms. The first-order valence-electron chi connectivity index (χ1n) is 12.0. The van der Waals surface area contributed by atoms with Gasteiger partial charge in [0.15, 0.2) is 0 Å². The molecular weight excluding hydrogens is 476 g/mol. The Morgan fingerprint density at radius 3 is 2.11 bits per heavy atom. The number of aliphatic carboxylic acids is 1. The lowest BCUT2D eigenvalue weighted by Crippen LogP contribution is -2.42. The number of nitrogens with one attached hydrogen (secondary N) is 2. The Morgan fingerprint density at radius 1 is 0.919 bits per heavy atom. The summed E-state index contributed by atoms with van der Waals surface area (Å²) < 4.78 is 16.3. The van der Waals surface area contributed by atoms with Gasteiger partial charge in [0.2, 0.25) is 0 Å². The van der Waals surface area contributed by atoms with Gasteiger partial charge in [0, 0.05) is 12.3 Å². The number of alkyl carbamates (subject to hydrolysis) is 2. The van der Waals surface area contributed by atoms with E-state index in [-0.39, 0.29) is 25.5 Å². The molecule has 0 radical (unpaired) electrons. The Kier molecular flexibility index (Phi) is 7.52. The third kappa shape index (κ3) is 6.49. The van der Waals surface area contributed by atoms with E-state index in [4.69, 9.17) is 13.9 Å². The molecule has 194 valence electrons. The molecule has 1 atom stereocenters. The van der Waals surface area contributed by atoms with Crippen molar-refractivity contribution in [3.05, 3.63) is 83.3 Å². The van der Waals surface area contributed by atoms with Crippen molar-refractivity contribution >= 4 is 18.2 Å². The lowest BCUT2D eigenvalue weighted by atomic mass is 9.98. The third-order valence-corrected chi connectivity index (χ3v) is 5.86. The number of rotatable bonds is 8. The molecule has 2 amide bonds. The standard InChI is InChI=1S/C28H30N2O7/c1-28(2,3)37-26(33)29-15-18-13-12-17(36-18)14-24(25(31)32)30-27(34)35-16-23-21-10-6-4-8-19(21)20-9-5-7-11-22(20)23/h4-13,23-24H,14-16H2,1-3H3,(H,29,33)(H,30,34)(H,31,32)/t24-/m1/s1. The average molecular weight is 507 g/mol. The minimum absolute atomic E-state index is 0.0759. The minimum Gasteiger partial charge on any atom is -0.480 e. The zero-order chi connectivity index (χ0) is 26.6. The van der Waals surface area contributed by atoms with Gasteiger partial charge in [-0.3, -0.25) is 0 Å². The maximum atomic E-state index is 12.5. The summed E-state index contributed by atoms with van der Waals surface area (Å²) in [5, 5.41) is 14.6. The van der Waals surface area contributed by atoms with E-state index >= 15 is 0 Å². The van der Waals surface area contributed by atoms with Gasteiger partial charge in [0.1, 0.15) is 29.8 Å².